The van der Waals surface area contributed by atoms with E-state index in [1.54, 1.807) is 0 Å². The topological polar surface area (TPSA) is 0 Å². The van der Waals surface area contributed by atoms with Gasteiger partial charge in [-0.15, -0.1) is 6.58 Å². The normalized spacial score (nSPS) is 13.3. The number of halogens is 1. The van der Waals surface area contributed by atoms with E-state index in [9.17, 15) is 0 Å². The lowest BCUT2D eigenvalue weighted by Gasteiger charge is -2.11. The van der Waals surface area contributed by atoms with Gasteiger partial charge in [-0.1, -0.05) is 48.7 Å². The van der Waals surface area contributed by atoms with Crippen LogP contribution >= 0.6 is 15.9 Å². The van der Waals surface area contributed by atoms with Crippen LogP contribution in [0.15, 0.2) is 12.7 Å². The number of alkyl halides is 1. The van der Waals surface area contributed by atoms with Crippen molar-refractivity contribution in [1.29, 1.82) is 0 Å². The van der Waals surface area contributed by atoms with Crippen LogP contribution in [0.4, 0.5) is 0 Å². The summed E-state index contributed by atoms with van der Waals surface area (Å²) in [4.78, 5) is 0. The van der Waals surface area contributed by atoms with Crippen LogP contribution in [0.1, 0.15) is 39.5 Å². The standard InChI is InChI=1S/C11H21Br/c1-4-6-11(9-12)8-5-7-10(2)3/h4,10-11H,1,5-9H2,2-3H3. The van der Waals surface area contributed by atoms with Crippen molar-refractivity contribution in [3.8, 4) is 0 Å². The average Bonchev–Trinajstić information content (AvgIpc) is 2.02. The van der Waals surface area contributed by atoms with E-state index in [4.69, 9.17) is 0 Å². The van der Waals surface area contributed by atoms with Gasteiger partial charge < -0.3 is 0 Å². The first kappa shape index (κ1) is 12.2. The summed E-state index contributed by atoms with van der Waals surface area (Å²) in [5.74, 6) is 1.66. The molecule has 72 valence electrons. The highest BCUT2D eigenvalue weighted by Crippen LogP contribution is 2.17. The minimum Gasteiger partial charge on any atom is -0.103 e. The number of hydrogen-bond donors (Lipinski definition) is 0. The lowest BCUT2D eigenvalue weighted by molar-refractivity contribution is 0.467. The van der Waals surface area contributed by atoms with Crippen LogP contribution in [-0.4, -0.2) is 5.33 Å². The van der Waals surface area contributed by atoms with E-state index in [2.05, 4.69) is 36.4 Å². The molecule has 0 amide bonds. The van der Waals surface area contributed by atoms with Crippen LogP contribution in [0.25, 0.3) is 0 Å². The Morgan fingerprint density at radius 3 is 2.42 bits per heavy atom. The fraction of sp³-hybridized carbons (Fsp3) is 0.818. The van der Waals surface area contributed by atoms with Gasteiger partial charge in [-0.2, -0.15) is 0 Å². The third kappa shape index (κ3) is 6.90. The van der Waals surface area contributed by atoms with Crippen molar-refractivity contribution in [3.63, 3.8) is 0 Å². The van der Waals surface area contributed by atoms with E-state index in [1.165, 1.54) is 19.3 Å². The van der Waals surface area contributed by atoms with Crippen LogP contribution in [0.2, 0.25) is 0 Å². The molecule has 12 heavy (non-hydrogen) atoms. The molecule has 0 heterocycles. The third-order valence-corrected chi connectivity index (χ3v) is 3.03. The molecule has 0 spiro atoms. The first-order valence-electron chi connectivity index (χ1n) is 4.87. The Balaban J connectivity index is 3.37. The molecule has 0 aromatic carbocycles. The monoisotopic (exact) mass is 232 g/mol. The van der Waals surface area contributed by atoms with Gasteiger partial charge in [0, 0.05) is 5.33 Å². The molecule has 0 bridgehead atoms. The second kappa shape index (κ2) is 7.85. The SMILES string of the molecule is C=CCC(CBr)CCCC(C)C. The quantitative estimate of drug-likeness (QED) is 0.451. The molecule has 1 unspecified atom stereocenters. The molecule has 0 aliphatic heterocycles. The van der Waals surface area contributed by atoms with Crippen molar-refractivity contribution in [3.05, 3.63) is 12.7 Å². The minimum atomic E-state index is 0.807. The molecule has 1 heteroatoms. The third-order valence-electron chi connectivity index (χ3n) is 2.11. The van der Waals surface area contributed by atoms with Gasteiger partial charge in [0.05, 0.1) is 0 Å². The summed E-state index contributed by atoms with van der Waals surface area (Å²) in [5.41, 5.74) is 0. The summed E-state index contributed by atoms with van der Waals surface area (Å²) in [6.45, 7) is 8.35. The Hall–Kier alpha value is 0.220. The molecule has 0 rings (SSSR count). The number of hydrogen-bond acceptors (Lipinski definition) is 0. The molecule has 1 atom stereocenters. The zero-order valence-corrected chi connectivity index (χ0v) is 9.94. The Bertz CT molecular complexity index is 108. The minimum absolute atomic E-state index is 0.807. The van der Waals surface area contributed by atoms with Gasteiger partial charge in [-0.3, -0.25) is 0 Å². The first-order chi connectivity index (χ1) is 5.70. The van der Waals surface area contributed by atoms with Gasteiger partial charge in [-0.25, -0.2) is 0 Å². The summed E-state index contributed by atoms with van der Waals surface area (Å²) < 4.78 is 0. The Morgan fingerprint density at radius 2 is 2.00 bits per heavy atom. The summed E-state index contributed by atoms with van der Waals surface area (Å²) in [6.07, 6.45) is 7.25. The average molecular weight is 233 g/mol. The van der Waals surface area contributed by atoms with Gasteiger partial charge >= 0.3 is 0 Å². The van der Waals surface area contributed by atoms with E-state index in [-0.39, 0.29) is 0 Å². The molecule has 0 fully saturated rings. The van der Waals surface area contributed by atoms with Crippen LogP contribution in [-0.2, 0) is 0 Å². The first-order valence-corrected chi connectivity index (χ1v) is 5.99. The summed E-state index contributed by atoms with van der Waals surface area (Å²) in [7, 11) is 0. The van der Waals surface area contributed by atoms with E-state index in [1.807, 2.05) is 6.08 Å². The smallest absolute Gasteiger partial charge is 0.00626 e. The molecule has 0 N–H and O–H groups in total. The van der Waals surface area contributed by atoms with Gasteiger partial charge in [0.2, 0.25) is 0 Å². The molecular weight excluding hydrogens is 212 g/mol. The molecular formula is C11H21Br. The highest BCUT2D eigenvalue weighted by molar-refractivity contribution is 9.09. The van der Waals surface area contributed by atoms with Crippen molar-refractivity contribution in [2.24, 2.45) is 11.8 Å². The molecule has 0 aliphatic carbocycles. The maximum Gasteiger partial charge on any atom is 0.00626 e. The Labute approximate surface area is 85.6 Å². The van der Waals surface area contributed by atoms with E-state index in [0.717, 1.165) is 23.6 Å². The van der Waals surface area contributed by atoms with Crippen LogP contribution < -0.4 is 0 Å². The van der Waals surface area contributed by atoms with Crippen molar-refractivity contribution in [1.82, 2.24) is 0 Å². The maximum atomic E-state index is 3.77. The molecule has 0 aliphatic rings. The van der Waals surface area contributed by atoms with Gasteiger partial charge in [0.25, 0.3) is 0 Å². The summed E-state index contributed by atoms with van der Waals surface area (Å²) in [5, 5.41) is 1.12. The van der Waals surface area contributed by atoms with Crippen molar-refractivity contribution in [2.45, 2.75) is 39.5 Å². The zero-order chi connectivity index (χ0) is 9.40. The highest BCUT2D eigenvalue weighted by atomic mass is 79.9. The fourth-order valence-corrected chi connectivity index (χ4v) is 1.90. The van der Waals surface area contributed by atoms with Crippen molar-refractivity contribution in [2.75, 3.05) is 5.33 Å². The maximum absolute atomic E-state index is 3.77. The second-order valence-electron chi connectivity index (χ2n) is 3.87. The summed E-state index contributed by atoms with van der Waals surface area (Å²) in [6, 6.07) is 0. The fourth-order valence-electron chi connectivity index (χ4n) is 1.31. The van der Waals surface area contributed by atoms with Gasteiger partial charge in [0.1, 0.15) is 0 Å². The zero-order valence-electron chi connectivity index (χ0n) is 8.35. The van der Waals surface area contributed by atoms with Crippen molar-refractivity contribution < 1.29 is 0 Å². The van der Waals surface area contributed by atoms with Crippen LogP contribution in [0, 0.1) is 11.8 Å². The number of rotatable bonds is 7. The van der Waals surface area contributed by atoms with Crippen LogP contribution in [0.5, 0.6) is 0 Å². The van der Waals surface area contributed by atoms with Gasteiger partial charge in [-0.05, 0) is 24.7 Å². The number of allylic oxidation sites excluding steroid dienone is 1. The van der Waals surface area contributed by atoms with Crippen LogP contribution in [0.3, 0.4) is 0 Å². The molecule has 0 aromatic heterocycles. The second-order valence-corrected chi connectivity index (χ2v) is 4.52. The predicted molar refractivity (Wildman–Crippen MR) is 60.8 cm³/mol. The molecule has 0 radical (unpaired) electrons. The van der Waals surface area contributed by atoms with Crippen molar-refractivity contribution >= 4 is 15.9 Å². The lowest BCUT2D eigenvalue weighted by Crippen LogP contribution is -2.01. The van der Waals surface area contributed by atoms with E-state index < -0.39 is 0 Å². The lowest BCUT2D eigenvalue weighted by atomic mass is 9.97. The van der Waals surface area contributed by atoms with E-state index in [0.29, 0.717) is 0 Å². The Kier molecular flexibility index (Phi) is 7.99. The van der Waals surface area contributed by atoms with Gasteiger partial charge in [0.15, 0.2) is 0 Å². The predicted octanol–water partition coefficient (Wildman–Crippen LogP) is 4.40. The molecule has 0 nitrogen and oxygen atoms in total. The molecule has 0 saturated heterocycles. The van der Waals surface area contributed by atoms with E-state index >= 15 is 0 Å². The largest absolute Gasteiger partial charge is 0.103 e. The highest BCUT2D eigenvalue weighted by Gasteiger charge is 2.04. The molecule has 0 aromatic rings. The summed E-state index contributed by atoms with van der Waals surface area (Å²) >= 11 is 3.54. The molecule has 0 saturated carbocycles. The Morgan fingerprint density at radius 1 is 1.33 bits per heavy atom.